The van der Waals surface area contributed by atoms with Crippen molar-refractivity contribution < 1.29 is 14.3 Å². The van der Waals surface area contributed by atoms with Crippen LogP contribution in [0.5, 0.6) is 0 Å². The highest BCUT2D eigenvalue weighted by Crippen LogP contribution is 2.17. The minimum Gasteiger partial charge on any atom is -0.465 e. The maximum absolute atomic E-state index is 11.7. The van der Waals surface area contributed by atoms with Crippen LogP contribution >= 0.6 is 0 Å². The lowest BCUT2D eigenvalue weighted by Gasteiger charge is -2.02. The molecule has 2 heterocycles. The first-order valence-electron chi connectivity index (χ1n) is 6.25. The maximum atomic E-state index is 11.7. The van der Waals surface area contributed by atoms with Crippen molar-refractivity contribution in [2.24, 2.45) is 0 Å². The smallest absolute Gasteiger partial charge is 0.341 e. The van der Waals surface area contributed by atoms with E-state index < -0.39 is 0 Å². The molecule has 2 aromatic rings. The summed E-state index contributed by atoms with van der Waals surface area (Å²) in [5, 5.41) is 8.76. The van der Waals surface area contributed by atoms with Gasteiger partial charge in [0, 0.05) is 19.4 Å². The summed E-state index contributed by atoms with van der Waals surface area (Å²) < 4.78 is 13.2. The Bertz CT molecular complexity index is 615. The van der Waals surface area contributed by atoms with E-state index in [1.54, 1.807) is 23.4 Å². The van der Waals surface area contributed by atoms with Crippen LogP contribution in [0.2, 0.25) is 0 Å². The Morgan fingerprint density at radius 1 is 1.30 bits per heavy atom. The molecule has 0 amide bonds. The van der Waals surface area contributed by atoms with Crippen molar-refractivity contribution in [2.45, 2.75) is 20.4 Å². The van der Waals surface area contributed by atoms with Gasteiger partial charge in [0.15, 0.2) is 5.82 Å². The second-order valence-electron chi connectivity index (χ2n) is 4.38. The van der Waals surface area contributed by atoms with Gasteiger partial charge >= 0.3 is 5.97 Å². The molecule has 2 aromatic heterocycles. The number of rotatable bonds is 5. The minimum absolute atomic E-state index is 0.384. The number of carbonyl (C=O) groups is 1. The van der Waals surface area contributed by atoms with E-state index in [0.29, 0.717) is 35.9 Å². The second-order valence-corrected chi connectivity index (χ2v) is 4.38. The first-order chi connectivity index (χ1) is 9.58. The maximum Gasteiger partial charge on any atom is 0.341 e. The van der Waals surface area contributed by atoms with Crippen molar-refractivity contribution in [2.75, 3.05) is 20.8 Å². The molecule has 20 heavy (non-hydrogen) atoms. The van der Waals surface area contributed by atoms with E-state index in [1.807, 2.05) is 19.2 Å². The van der Waals surface area contributed by atoms with Gasteiger partial charge in [-0.05, 0) is 13.8 Å². The fourth-order valence-corrected chi connectivity index (χ4v) is 2.04. The Balaban J connectivity index is 2.34. The summed E-state index contributed by atoms with van der Waals surface area (Å²) in [6.45, 7) is 4.85. The molecule has 0 atom stereocenters. The minimum atomic E-state index is -0.384. The summed E-state index contributed by atoms with van der Waals surface area (Å²) in [5.41, 5.74) is 1.83. The average molecular weight is 278 g/mol. The number of hydrogen-bond donors (Lipinski definition) is 0. The first-order valence-corrected chi connectivity index (χ1v) is 6.25. The van der Waals surface area contributed by atoms with E-state index in [9.17, 15) is 4.79 Å². The molecular formula is C13H18N4O3. The van der Waals surface area contributed by atoms with Gasteiger partial charge in [0.1, 0.15) is 5.56 Å². The highest BCUT2D eigenvalue weighted by molar-refractivity contribution is 5.91. The van der Waals surface area contributed by atoms with Gasteiger partial charge in [-0.3, -0.25) is 4.68 Å². The zero-order valence-corrected chi connectivity index (χ0v) is 12.1. The second kappa shape index (κ2) is 5.87. The number of nitrogens with zero attached hydrogens (tertiary/aromatic N) is 4. The van der Waals surface area contributed by atoms with Gasteiger partial charge in [-0.25, -0.2) is 9.48 Å². The van der Waals surface area contributed by atoms with Crippen LogP contribution in [0.4, 0.5) is 0 Å². The fraction of sp³-hybridized carbons (Fsp3) is 0.462. The van der Waals surface area contributed by atoms with Crippen molar-refractivity contribution in [1.82, 2.24) is 19.6 Å². The van der Waals surface area contributed by atoms with Crippen LogP contribution in [0.15, 0.2) is 12.3 Å². The van der Waals surface area contributed by atoms with E-state index in [4.69, 9.17) is 9.47 Å². The lowest BCUT2D eigenvalue weighted by atomic mass is 10.2. The molecule has 0 aliphatic rings. The Hall–Kier alpha value is -2.15. The van der Waals surface area contributed by atoms with Crippen LogP contribution in [-0.4, -0.2) is 46.4 Å². The molecule has 7 nitrogen and oxygen atoms in total. The van der Waals surface area contributed by atoms with Crippen LogP contribution in [0.3, 0.4) is 0 Å². The quantitative estimate of drug-likeness (QED) is 0.766. The van der Waals surface area contributed by atoms with Crippen molar-refractivity contribution in [1.29, 1.82) is 0 Å². The predicted octanol–water partition coefficient (Wildman–Crippen LogP) is 1.12. The van der Waals surface area contributed by atoms with Gasteiger partial charge in [-0.2, -0.15) is 10.2 Å². The topological polar surface area (TPSA) is 71.2 Å². The lowest BCUT2D eigenvalue weighted by Crippen LogP contribution is -2.08. The summed E-state index contributed by atoms with van der Waals surface area (Å²) >= 11 is 0. The van der Waals surface area contributed by atoms with E-state index >= 15 is 0 Å². The zero-order chi connectivity index (χ0) is 14.7. The van der Waals surface area contributed by atoms with E-state index in [2.05, 4.69) is 10.2 Å². The fourth-order valence-electron chi connectivity index (χ4n) is 2.04. The Kier molecular flexibility index (Phi) is 4.19. The third-order valence-electron chi connectivity index (χ3n) is 3.05. The van der Waals surface area contributed by atoms with E-state index in [1.165, 1.54) is 7.11 Å². The van der Waals surface area contributed by atoms with Crippen LogP contribution < -0.4 is 0 Å². The standard InChI is InChI=1S/C13H18N4O3/c1-9-12(13(18)20-4)10(2)17(14-9)11-5-6-16(15-11)7-8-19-3/h5-6H,7-8H2,1-4H3. The normalized spacial score (nSPS) is 10.8. The van der Waals surface area contributed by atoms with Gasteiger partial charge in [0.25, 0.3) is 0 Å². The number of aryl methyl sites for hydroxylation is 1. The van der Waals surface area contributed by atoms with Gasteiger partial charge in [0.2, 0.25) is 0 Å². The highest BCUT2D eigenvalue weighted by Gasteiger charge is 2.20. The molecule has 0 spiro atoms. The van der Waals surface area contributed by atoms with Crippen LogP contribution in [0.25, 0.3) is 5.82 Å². The summed E-state index contributed by atoms with van der Waals surface area (Å²) in [5.74, 6) is 0.280. The van der Waals surface area contributed by atoms with Crippen LogP contribution in [0, 0.1) is 13.8 Å². The largest absolute Gasteiger partial charge is 0.465 e. The number of carbonyl (C=O) groups excluding carboxylic acids is 1. The van der Waals surface area contributed by atoms with Gasteiger partial charge in [0.05, 0.1) is 31.6 Å². The van der Waals surface area contributed by atoms with Gasteiger partial charge < -0.3 is 9.47 Å². The predicted molar refractivity (Wildman–Crippen MR) is 72.0 cm³/mol. The summed E-state index contributed by atoms with van der Waals surface area (Å²) in [6.07, 6.45) is 1.85. The van der Waals surface area contributed by atoms with Crippen LogP contribution in [-0.2, 0) is 16.0 Å². The first kappa shape index (κ1) is 14.3. The molecule has 0 N–H and O–H groups in total. The van der Waals surface area contributed by atoms with E-state index in [0.717, 1.165) is 0 Å². The molecule has 2 rings (SSSR count). The monoisotopic (exact) mass is 278 g/mol. The molecular weight excluding hydrogens is 260 g/mol. The van der Waals surface area contributed by atoms with Crippen molar-refractivity contribution in [3.8, 4) is 5.82 Å². The Morgan fingerprint density at radius 2 is 2.05 bits per heavy atom. The summed E-state index contributed by atoms with van der Waals surface area (Å²) in [7, 11) is 3.01. The molecule has 0 fully saturated rings. The van der Waals surface area contributed by atoms with E-state index in [-0.39, 0.29) is 5.97 Å². The van der Waals surface area contributed by atoms with Gasteiger partial charge in [-0.15, -0.1) is 0 Å². The highest BCUT2D eigenvalue weighted by atomic mass is 16.5. The third kappa shape index (κ3) is 2.57. The van der Waals surface area contributed by atoms with Crippen LogP contribution in [0.1, 0.15) is 21.7 Å². The Labute approximate surface area is 117 Å². The molecule has 0 aliphatic carbocycles. The number of aromatic nitrogens is 4. The van der Waals surface area contributed by atoms with Gasteiger partial charge in [-0.1, -0.05) is 0 Å². The van der Waals surface area contributed by atoms with Crippen molar-refractivity contribution >= 4 is 5.97 Å². The van der Waals surface area contributed by atoms with Crippen molar-refractivity contribution in [3.05, 3.63) is 29.2 Å². The summed E-state index contributed by atoms with van der Waals surface area (Å²) in [4.78, 5) is 11.7. The average Bonchev–Trinajstić information content (AvgIpc) is 3.00. The lowest BCUT2D eigenvalue weighted by molar-refractivity contribution is 0.0599. The number of esters is 1. The Morgan fingerprint density at radius 3 is 2.70 bits per heavy atom. The molecule has 7 heteroatoms. The molecule has 0 bridgehead atoms. The molecule has 0 unspecified atom stereocenters. The number of ether oxygens (including phenoxy) is 2. The molecule has 0 aliphatic heterocycles. The van der Waals surface area contributed by atoms with Crippen molar-refractivity contribution in [3.63, 3.8) is 0 Å². The molecule has 0 aromatic carbocycles. The SMILES string of the molecule is COCCn1ccc(-n2nc(C)c(C(=O)OC)c2C)n1. The molecule has 0 saturated heterocycles. The number of methoxy groups -OCH3 is 2. The number of hydrogen-bond acceptors (Lipinski definition) is 5. The summed E-state index contributed by atoms with van der Waals surface area (Å²) in [6, 6.07) is 1.84. The molecule has 0 saturated carbocycles. The molecule has 0 radical (unpaired) electrons. The third-order valence-corrected chi connectivity index (χ3v) is 3.05. The molecule has 108 valence electrons. The zero-order valence-electron chi connectivity index (χ0n) is 12.1.